The Labute approximate surface area is 86.9 Å². The van der Waals surface area contributed by atoms with Crippen molar-refractivity contribution in [3.8, 4) is 0 Å². The number of hydrogen-bond donors (Lipinski definition) is 1. The van der Waals surface area contributed by atoms with E-state index in [2.05, 4.69) is 9.40 Å². The van der Waals surface area contributed by atoms with Crippen molar-refractivity contribution >= 4 is 11.8 Å². The van der Waals surface area contributed by atoms with Crippen molar-refractivity contribution in [3.63, 3.8) is 0 Å². The maximum absolute atomic E-state index is 12.3. The van der Waals surface area contributed by atoms with Crippen molar-refractivity contribution in [2.24, 2.45) is 0 Å². The number of carbonyl (C=O) groups excluding carboxylic acids is 1. The van der Waals surface area contributed by atoms with Crippen LogP contribution in [0.1, 0.15) is 28.6 Å². The lowest BCUT2D eigenvalue weighted by Crippen LogP contribution is -2.14. The van der Waals surface area contributed by atoms with Crippen molar-refractivity contribution in [2.75, 3.05) is 0 Å². The average Bonchev–Trinajstić information content (AvgIpc) is 2.45. The third-order valence-corrected chi connectivity index (χ3v) is 1.57. The highest BCUT2D eigenvalue weighted by Gasteiger charge is 2.41. The van der Waals surface area contributed by atoms with Crippen LogP contribution in [0, 0.1) is 6.92 Å². The lowest BCUT2D eigenvalue weighted by Gasteiger charge is -2.02. The first-order valence-corrected chi connectivity index (χ1v) is 4.01. The molecule has 1 N–H and O–H groups in total. The molecule has 0 atom stereocenters. The molecule has 5 nitrogen and oxygen atoms in total. The van der Waals surface area contributed by atoms with Gasteiger partial charge in [0.05, 0.1) is 0 Å². The number of Topliss-reactive ketones (excluding diaryl/α,β-unsaturated/α-hetero) is 1. The molecule has 0 saturated carbocycles. The Morgan fingerprint density at radius 2 is 2.00 bits per heavy atom. The third kappa shape index (κ3) is 2.59. The highest BCUT2D eigenvalue weighted by molar-refractivity contribution is 6.04. The fraction of sp³-hybridized carbons (Fsp3) is 0.375. The topological polar surface area (TPSA) is 80.4 Å². The monoisotopic (exact) mass is 237 g/mol. The first-order chi connectivity index (χ1) is 7.21. The predicted molar refractivity (Wildman–Crippen MR) is 42.8 cm³/mol. The Bertz CT molecular complexity index is 435. The van der Waals surface area contributed by atoms with E-state index < -0.39 is 35.8 Å². The Hall–Kier alpha value is -1.86. The van der Waals surface area contributed by atoms with Crippen LogP contribution in [0.15, 0.2) is 4.42 Å². The number of nitrogens with zero attached hydrogens (tertiary/aromatic N) is 1. The Morgan fingerprint density at radius 1 is 1.44 bits per heavy atom. The molecule has 1 aromatic rings. The molecule has 1 heterocycles. The molecular formula is C8H6F3NO4. The van der Waals surface area contributed by atoms with E-state index >= 15 is 0 Å². The van der Waals surface area contributed by atoms with Crippen molar-refractivity contribution in [2.45, 2.75) is 19.5 Å². The molecule has 0 fully saturated rings. The number of rotatable bonds is 3. The number of hydrogen-bond acceptors (Lipinski definition) is 4. The van der Waals surface area contributed by atoms with Crippen LogP contribution in [-0.4, -0.2) is 21.8 Å². The summed E-state index contributed by atoms with van der Waals surface area (Å²) < 4.78 is 41.2. The second-order valence-corrected chi connectivity index (χ2v) is 2.90. The number of aryl methyl sites for hydroxylation is 1. The fourth-order valence-corrected chi connectivity index (χ4v) is 1.03. The van der Waals surface area contributed by atoms with Gasteiger partial charge in [-0.05, 0) is 0 Å². The molecule has 0 unspecified atom stereocenters. The summed E-state index contributed by atoms with van der Waals surface area (Å²) in [5.41, 5.74) is -0.993. The van der Waals surface area contributed by atoms with Gasteiger partial charge in [-0.1, -0.05) is 0 Å². The number of oxazole rings is 1. The van der Waals surface area contributed by atoms with Gasteiger partial charge in [0.1, 0.15) is 6.42 Å². The summed E-state index contributed by atoms with van der Waals surface area (Å²) >= 11 is 0. The lowest BCUT2D eigenvalue weighted by molar-refractivity contribution is -0.153. The standard InChI is InChI=1S/C8H6F3NO4/c1-3-12-6(4(13)2-5(14)15)7(16-3)8(9,10)11/h2H2,1H3,(H,14,15). The zero-order valence-electron chi connectivity index (χ0n) is 7.96. The van der Waals surface area contributed by atoms with E-state index in [9.17, 15) is 22.8 Å². The molecule has 0 saturated heterocycles. The zero-order chi connectivity index (χ0) is 12.5. The predicted octanol–water partition coefficient (Wildman–Crippen LogP) is 1.66. The van der Waals surface area contributed by atoms with Crippen LogP contribution in [0.2, 0.25) is 0 Å². The summed E-state index contributed by atoms with van der Waals surface area (Å²) in [6, 6.07) is 0. The highest BCUT2D eigenvalue weighted by Crippen LogP contribution is 2.33. The van der Waals surface area contributed by atoms with E-state index in [0.29, 0.717) is 0 Å². The van der Waals surface area contributed by atoms with E-state index in [4.69, 9.17) is 5.11 Å². The van der Waals surface area contributed by atoms with E-state index in [1.54, 1.807) is 0 Å². The molecule has 0 radical (unpaired) electrons. The van der Waals surface area contributed by atoms with Crippen molar-refractivity contribution < 1.29 is 32.3 Å². The molecule has 1 aromatic heterocycles. The van der Waals surface area contributed by atoms with Crippen LogP contribution in [0.25, 0.3) is 0 Å². The SMILES string of the molecule is Cc1nc(C(=O)CC(=O)O)c(C(F)(F)F)o1. The highest BCUT2D eigenvalue weighted by atomic mass is 19.4. The van der Waals surface area contributed by atoms with Gasteiger partial charge in [0.2, 0.25) is 5.76 Å². The minimum absolute atomic E-state index is 0.346. The van der Waals surface area contributed by atoms with Gasteiger partial charge in [-0.2, -0.15) is 13.2 Å². The summed E-state index contributed by atoms with van der Waals surface area (Å²) in [7, 11) is 0. The van der Waals surface area contributed by atoms with Gasteiger partial charge in [-0.25, -0.2) is 4.98 Å². The minimum Gasteiger partial charge on any atom is -0.481 e. The van der Waals surface area contributed by atoms with Gasteiger partial charge in [0.15, 0.2) is 17.4 Å². The largest absolute Gasteiger partial charge is 0.481 e. The maximum Gasteiger partial charge on any atom is 0.452 e. The normalized spacial score (nSPS) is 11.5. The van der Waals surface area contributed by atoms with Gasteiger partial charge >= 0.3 is 12.1 Å². The molecule has 16 heavy (non-hydrogen) atoms. The molecule has 0 amide bonds. The van der Waals surface area contributed by atoms with Crippen LogP contribution in [0.4, 0.5) is 13.2 Å². The summed E-state index contributed by atoms with van der Waals surface area (Å²) in [5.74, 6) is -4.67. The molecular weight excluding hydrogens is 231 g/mol. The van der Waals surface area contributed by atoms with Gasteiger partial charge in [-0.15, -0.1) is 0 Å². The van der Waals surface area contributed by atoms with Crippen molar-refractivity contribution in [1.82, 2.24) is 4.98 Å². The van der Waals surface area contributed by atoms with Gasteiger partial charge in [0.25, 0.3) is 0 Å². The molecule has 0 aliphatic heterocycles. The molecule has 0 aromatic carbocycles. The van der Waals surface area contributed by atoms with Crippen LogP contribution in [0.3, 0.4) is 0 Å². The van der Waals surface area contributed by atoms with Crippen molar-refractivity contribution in [1.29, 1.82) is 0 Å². The van der Waals surface area contributed by atoms with Crippen molar-refractivity contribution in [3.05, 3.63) is 17.3 Å². The molecule has 1 rings (SSSR count). The van der Waals surface area contributed by atoms with E-state index in [1.807, 2.05) is 0 Å². The van der Waals surface area contributed by atoms with Crippen LogP contribution < -0.4 is 0 Å². The van der Waals surface area contributed by atoms with E-state index in [1.165, 1.54) is 0 Å². The first kappa shape index (κ1) is 12.2. The number of carboxylic acid groups (broad SMARTS) is 1. The number of aliphatic carboxylic acids is 1. The number of carboxylic acids is 1. The number of ketones is 1. The van der Waals surface area contributed by atoms with Crippen LogP contribution in [-0.2, 0) is 11.0 Å². The molecule has 88 valence electrons. The average molecular weight is 237 g/mol. The molecule has 8 heteroatoms. The molecule has 0 aliphatic carbocycles. The Balaban J connectivity index is 3.13. The third-order valence-electron chi connectivity index (χ3n) is 1.57. The van der Waals surface area contributed by atoms with Crippen LogP contribution in [0.5, 0.6) is 0 Å². The molecule has 0 bridgehead atoms. The second kappa shape index (κ2) is 3.95. The van der Waals surface area contributed by atoms with Gasteiger partial charge in [0, 0.05) is 6.92 Å². The first-order valence-electron chi connectivity index (χ1n) is 4.01. The maximum atomic E-state index is 12.3. The fourth-order valence-electron chi connectivity index (χ4n) is 1.03. The molecule has 0 aliphatic rings. The quantitative estimate of drug-likeness (QED) is 0.638. The molecule has 0 spiro atoms. The smallest absolute Gasteiger partial charge is 0.452 e. The van der Waals surface area contributed by atoms with Gasteiger partial charge < -0.3 is 9.52 Å². The minimum atomic E-state index is -4.87. The zero-order valence-corrected chi connectivity index (χ0v) is 7.96. The van der Waals surface area contributed by atoms with E-state index in [0.717, 1.165) is 6.92 Å². The van der Waals surface area contributed by atoms with Crippen LogP contribution >= 0.6 is 0 Å². The Morgan fingerprint density at radius 3 is 2.44 bits per heavy atom. The Kier molecular flexibility index (Phi) is 3.02. The summed E-state index contributed by atoms with van der Waals surface area (Å²) in [4.78, 5) is 24.6. The number of alkyl halides is 3. The van der Waals surface area contributed by atoms with E-state index in [-0.39, 0.29) is 5.89 Å². The summed E-state index contributed by atoms with van der Waals surface area (Å²) in [5, 5.41) is 8.29. The summed E-state index contributed by atoms with van der Waals surface area (Å²) in [6.45, 7) is 1.13. The van der Waals surface area contributed by atoms with Gasteiger partial charge in [-0.3, -0.25) is 9.59 Å². The lowest BCUT2D eigenvalue weighted by atomic mass is 10.2. The number of carbonyl (C=O) groups is 2. The number of aromatic nitrogens is 1. The summed E-state index contributed by atoms with van der Waals surface area (Å²) in [6.07, 6.45) is -5.93. The number of halogens is 3. The second-order valence-electron chi connectivity index (χ2n) is 2.90.